The second-order valence-electron chi connectivity index (χ2n) is 7.31. The molecule has 2 N–H and O–H groups in total. The Morgan fingerprint density at radius 3 is 2.61 bits per heavy atom. The SMILES string of the molecule is O=C(N/N=C\c1cn(-c2ccccc2)nc1-c1cc2ccccc2o1)C(=O)NC1CC1. The summed E-state index contributed by atoms with van der Waals surface area (Å²) in [5.74, 6) is -0.906. The molecule has 0 atom stereocenters. The number of nitrogens with one attached hydrogen (secondary N) is 2. The lowest BCUT2D eigenvalue weighted by Gasteiger charge is -2.00. The second kappa shape index (κ2) is 7.91. The first-order valence-electron chi connectivity index (χ1n) is 9.95. The van der Waals surface area contributed by atoms with E-state index in [1.807, 2.05) is 60.7 Å². The molecule has 31 heavy (non-hydrogen) atoms. The lowest BCUT2D eigenvalue weighted by atomic mass is 10.2. The van der Waals surface area contributed by atoms with E-state index in [0.29, 0.717) is 17.0 Å². The van der Waals surface area contributed by atoms with Crippen molar-refractivity contribution in [2.45, 2.75) is 18.9 Å². The van der Waals surface area contributed by atoms with Gasteiger partial charge < -0.3 is 9.73 Å². The van der Waals surface area contributed by atoms with E-state index in [9.17, 15) is 9.59 Å². The molecule has 2 aromatic heterocycles. The Balaban J connectivity index is 1.45. The number of hydrazone groups is 1. The molecule has 5 rings (SSSR count). The molecule has 0 unspecified atom stereocenters. The van der Waals surface area contributed by atoms with E-state index in [4.69, 9.17) is 4.42 Å². The zero-order valence-corrected chi connectivity index (χ0v) is 16.5. The number of carbonyl (C=O) groups is 2. The maximum atomic E-state index is 11.9. The first kappa shape index (κ1) is 18.8. The molecule has 0 radical (unpaired) electrons. The fourth-order valence-corrected chi connectivity index (χ4v) is 3.17. The van der Waals surface area contributed by atoms with Crippen LogP contribution in [-0.2, 0) is 9.59 Å². The molecular formula is C23H19N5O3. The minimum absolute atomic E-state index is 0.103. The van der Waals surface area contributed by atoms with Gasteiger partial charge in [-0.15, -0.1) is 0 Å². The van der Waals surface area contributed by atoms with Gasteiger partial charge >= 0.3 is 11.8 Å². The molecule has 4 aromatic rings. The third-order valence-electron chi connectivity index (χ3n) is 4.91. The largest absolute Gasteiger partial charge is 0.454 e. The van der Waals surface area contributed by atoms with Crippen LogP contribution in [-0.4, -0.2) is 33.9 Å². The highest BCUT2D eigenvalue weighted by atomic mass is 16.3. The third kappa shape index (κ3) is 4.09. The molecule has 2 heterocycles. The van der Waals surface area contributed by atoms with Gasteiger partial charge in [-0.2, -0.15) is 10.2 Å². The van der Waals surface area contributed by atoms with Gasteiger partial charge in [0.15, 0.2) is 5.76 Å². The summed E-state index contributed by atoms with van der Waals surface area (Å²) < 4.78 is 7.69. The normalized spacial score (nSPS) is 13.5. The minimum atomic E-state index is -0.802. The van der Waals surface area contributed by atoms with Gasteiger partial charge in [-0.1, -0.05) is 36.4 Å². The number of benzene rings is 2. The molecule has 1 fully saturated rings. The van der Waals surface area contributed by atoms with E-state index in [1.54, 1.807) is 10.9 Å². The number of carbonyl (C=O) groups excluding carboxylic acids is 2. The number of rotatable bonds is 5. The number of amides is 2. The van der Waals surface area contributed by atoms with Crippen molar-refractivity contribution in [3.05, 3.63) is 72.4 Å². The van der Waals surface area contributed by atoms with Crippen molar-refractivity contribution in [2.24, 2.45) is 5.10 Å². The molecule has 2 amide bonds. The Hall–Kier alpha value is -4.20. The van der Waals surface area contributed by atoms with Crippen molar-refractivity contribution < 1.29 is 14.0 Å². The van der Waals surface area contributed by atoms with Crippen LogP contribution >= 0.6 is 0 Å². The summed E-state index contributed by atoms with van der Waals surface area (Å²) in [6, 6.07) is 19.3. The number of para-hydroxylation sites is 2. The fraction of sp³-hybridized carbons (Fsp3) is 0.130. The van der Waals surface area contributed by atoms with Crippen LogP contribution in [0.1, 0.15) is 18.4 Å². The van der Waals surface area contributed by atoms with Crippen LogP contribution in [0.2, 0.25) is 0 Å². The van der Waals surface area contributed by atoms with Gasteiger partial charge in [0.1, 0.15) is 11.3 Å². The van der Waals surface area contributed by atoms with Gasteiger partial charge in [0.05, 0.1) is 11.9 Å². The number of fused-ring (bicyclic) bond motifs is 1. The molecule has 154 valence electrons. The summed E-state index contributed by atoms with van der Waals surface area (Å²) in [6.07, 6.45) is 5.05. The lowest BCUT2D eigenvalue weighted by molar-refractivity contribution is -0.139. The number of hydrogen-bond acceptors (Lipinski definition) is 5. The monoisotopic (exact) mass is 413 g/mol. The van der Waals surface area contributed by atoms with Crippen LogP contribution in [0.3, 0.4) is 0 Å². The number of aromatic nitrogens is 2. The van der Waals surface area contributed by atoms with Gasteiger partial charge in [-0.3, -0.25) is 9.59 Å². The van der Waals surface area contributed by atoms with E-state index in [-0.39, 0.29) is 6.04 Å². The highest BCUT2D eigenvalue weighted by Crippen LogP contribution is 2.29. The van der Waals surface area contributed by atoms with Crippen molar-refractivity contribution in [3.63, 3.8) is 0 Å². The molecule has 0 spiro atoms. The van der Waals surface area contributed by atoms with Crippen molar-refractivity contribution in [1.82, 2.24) is 20.5 Å². The summed E-state index contributed by atoms with van der Waals surface area (Å²) in [7, 11) is 0. The average molecular weight is 413 g/mol. The quantitative estimate of drug-likeness (QED) is 0.298. The predicted molar refractivity (Wildman–Crippen MR) is 116 cm³/mol. The van der Waals surface area contributed by atoms with Gasteiger partial charge in [0.2, 0.25) is 0 Å². The first-order chi connectivity index (χ1) is 15.2. The maximum Gasteiger partial charge on any atom is 0.329 e. The van der Waals surface area contributed by atoms with Gasteiger partial charge in [-0.25, -0.2) is 10.1 Å². The Bertz CT molecular complexity index is 1250. The smallest absolute Gasteiger partial charge is 0.329 e. The van der Waals surface area contributed by atoms with Crippen LogP contribution in [0.5, 0.6) is 0 Å². The molecule has 0 saturated heterocycles. The summed E-state index contributed by atoms with van der Waals surface area (Å²) in [5, 5.41) is 12.2. The number of hydrogen-bond donors (Lipinski definition) is 2. The second-order valence-corrected chi connectivity index (χ2v) is 7.31. The van der Waals surface area contributed by atoms with E-state index >= 15 is 0 Å². The van der Waals surface area contributed by atoms with E-state index in [1.165, 1.54) is 6.21 Å². The van der Waals surface area contributed by atoms with Crippen molar-refractivity contribution in [3.8, 4) is 17.1 Å². The summed E-state index contributed by atoms with van der Waals surface area (Å²) in [5.41, 5.74) is 5.09. The van der Waals surface area contributed by atoms with Gasteiger partial charge in [-0.05, 0) is 37.1 Å². The Morgan fingerprint density at radius 2 is 1.84 bits per heavy atom. The fourth-order valence-electron chi connectivity index (χ4n) is 3.17. The predicted octanol–water partition coefficient (Wildman–Crippen LogP) is 3.01. The van der Waals surface area contributed by atoms with Crippen LogP contribution < -0.4 is 10.7 Å². The molecule has 1 saturated carbocycles. The third-order valence-corrected chi connectivity index (χ3v) is 4.91. The summed E-state index contributed by atoms with van der Waals surface area (Å²) in [4.78, 5) is 23.7. The van der Waals surface area contributed by atoms with Crippen molar-refractivity contribution in [2.75, 3.05) is 0 Å². The molecule has 1 aliphatic rings. The Labute approximate surface area is 177 Å². The molecule has 2 aromatic carbocycles. The van der Waals surface area contributed by atoms with Crippen LogP contribution in [0.4, 0.5) is 0 Å². The molecular weight excluding hydrogens is 394 g/mol. The molecule has 8 heteroatoms. The van der Waals surface area contributed by atoms with Crippen LogP contribution in [0.25, 0.3) is 28.1 Å². The zero-order valence-electron chi connectivity index (χ0n) is 16.5. The highest BCUT2D eigenvalue weighted by molar-refractivity contribution is 6.35. The summed E-state index contributed by atoms with van der Waals surface area (Å²) in [6.45, 7) is 0. The summed E-state index contributed by atoms with van der Waals surface area (Å²) >= 11 is 0. The number of furan rings is 1. The molecule has 1 aliphatic carbocycles. The van der Waals surface area contributed by atoms with Crippen molar-refractivity contribution >= 4 is 29.0 Å². The molecule has 8 nitrogen and oxygen atoms in total. The van der Waals surface area contributed by atoms with E-state index in [2.05, 4.69) is 20.9 Å². The first-order valence-corrected chi connectivity index (χ1v) is 9.95. The highest BCUT2D eigenvalue weighted by Gasteiger charge is 2.26. The minimum Gasteiger partial charge on any atom is -0.454 e. The van der Waals surface area contributed by atoms with Gasteiger partial charge in [0.25, 0.3) is 0 Å². The van der Waals surface area contributed by atoms with Gasteiger partial charge in [0, 0.05) is 23.2 Å². The topological polar surface area (TPSA) is 102 Å². The average Bonchev–Trinajstić information content (AvgIpc) is 3.34. The standard InChI is InChI=1S/C23H19N5O3/c29-22(25-17-10-11-17)23(30)26-24-13-16-14-28(18-7-2-1-3-8-18)27-21(16)20-12-15-6-4-5-9-19(15)31-20/h1-9,12-14,17H,10-11H2,(H,25,29)(H,26,30)/b24-13-. The molecule has 0 bridgehead atoms. The lowest BCUT2D eigenvalue weighted by Crippen LogP contribution is -2.38. The van der Waals surface area contributed by atoms with Crippen molar-refractivity contribution in [1.29, 1.82) is 0 Å². The maximum absolute atomic E-state index is 11.9. The van der Waals surface area contributed by atoms with Crippen LogP contribution in [0.15, 0.2) is 76.4 Å². The Kier molecular flexibility index (Phi) is 4.80. The van der Waals surface area contributed by atoms with E-state index < -0.39 is 11.8 Å². The Morgan fingerprint density at radius 1 is 1.06 bits per heavy atom. The van der Waals surface area contributed by atoms with Crippen LogP contribution in [0, 0.1) is 0 Å². The zero-order chi connectivity index (χ0) is 21.2. The van der Waals surface area contributed by atoms with E-state index in [0.717, 1.165) is 29.5 Å². The molecule has 0 aliphatic heterocycles. The number of nitrogens with zero attached hydrogens (tertiary/aromatic N) is 3.